The smallest absolute Gasteiger partial charge is 0.310 e. The highest BCUT2D eigenvalue weighted by Gasteiger charge is 2.11. The highest BCUT2D eigenvalue weighted by Crippen LogP contribution is 2.22. The van der Waals surface area contributed by atoms with Crippen LogP contribution in [0.2, 0.25) is 5.15 Å². The molecule has 2 aromatic carbocycles. The van der Waals surface area contributed by atoms with Crippen LogP contribution in [0, 0.1) is 12.7 Å². The second kappa shape index (κ2) is 6.97. The van der Waals surface area contributed by atoms with Crippen molar-refractivity contribution in [1.82, 2.24) is 4.98 Å². The molecule has 0 saturated carbocycles. The van der Waals surface area contributed by atoms with Gasteiger partial charge in [0.2, 0.25) is 0 Å². The first-order chi connectivity index (χ1) is 11.5. The minimum Gasteiger partial charge on any atom is -0.460 e. The molecule has 3 nitrogen and oxygen atoms in total. The molecule has 0 N–H and O–H groups in total. The first kappa shape index (κ1) is 16.4. The number of aromatic nitrogens is 1. The van der Waals surface area contributed by atoms with E-state index in [1.165, 1.54) is 6.07 Å². The summed E-state index contributed by atoms with van der Waals surface area (Å²) in [5.41, 5.74) is 2.81. The number of carbonyl (C=O) groups is 1. The summed E-state index contributed by atoms with van der Waals surface area (Å²) in [6, 6.07) is 13.8. The zero-order chi connectivity index (χ0) is 17.1. The van der Waals surface area contributed by atoms with Crippen LogP contribution in [0.3, 0.4) is 0 Å². The third-order valence-corrected chi connectivity index (χ3v) is 4.01. The highest BCUT2D eigenvalue weighted by atomic mass is 35.5. The molecule has 0 atom stereocenters. The van der Waals surface area contributed by atoms with Crippen molar-refractivity contribution in [1.29, 1.82) is 0 Å². The third kappa shape index (κ3) is 3.71. The van der Waals surface area contributed by atoms with E-state index in [9.17, 15) is 9.18 Å². The molecule has 0 amide bonds. The molecule has 0 fully saturated rings. The van der Waals surface area contributed by atoms with E-state index in [1.54, 1.807) is 18.2 Å². The van der Waals surface area contributed by atoms with Crippen LogP contribution in [0.5, 0.6) is 0 Å². The Morgan fingerprint density at radius 3 is 2.75 bits per heavy atom. The molecule has 0 unspecified atom stereocenters. The van der Waals surface area contributed by atoms with Gasteiger partial charge in [-0.1, -0.05) is 41.9 Å². The zero-order valence-corrected chi connectivity index (χ0v) is 13.8. The molecule has 0 radical (unpaired) electrons. The Hall–Kier alpha value is -2.46. The van der Waals surface area contributed by atoms with Crippen LogP contribution in [0.4, 0.5) is 4.39 Å². The van der Waals surface area contributed by atoms with E-state index in [4.69, 9.17) is 16.3 Å². The van der Waals surface area contributed by atoms with Gasteiger partial charge in [0.25, 0.3) is 0 Å². The summed E-state index contributed by atoms with van der Waals surface area (Å²) in [7, 11) is 0. The Morgan fingerprint density at radius 2 is 1.96 bits per heavy atom. The van der Waals surface area contributed by atoms with E-state index in [0.717, 1.165) is 16.5 Å². The van der Waals surface area contributed by atoms with Gasteiger partial charge in [-0.3, -0.25) is 4.79 Å². The van der Waals surface area contributed by atoms with E-state index in [1.807, 2.05) is 31.2 Å². The summed E-state index contributed by atoms with van der Waals surface area (Å²) in [4.78, 5) is 16.2. The van der Waals surface area contributed by atoms with Gasteiger partial charge in [0.15, 0.2) is 0 Å². The molecule has 0 aliphatic carbocycles. The van der Waals surface area contributed by atoms with Crippen LogP contribution >= 0.6 is 11.6 Å². The van der Waals surface area contributed by atoms with Crippen LogP contribution in [-0.4, -0.2) is 11.0 Å². The average molecular weight is 344 g/mol. The molecule has 1 aromatic heterocycles. The van der Waals surface area contributed by atoms with Crippen molar-refractivity contribution in [3.8, 4) is 0 Å². The van der Waals surface area contributed by atoms with Crippen molar-refractivity contribution < 1.29 is 13.9 Å². The van der Waals surface area contributed by atoms with Crippen molar-refractivity contribution in [3.63, 3.8) is 0 Å². The number of benzene rings is 2. The predicted octanol–water partition coefficient (Wildman–Crippen LogP) is 4.62. The largest absolute Gasteiger partial charge is 0.460 e. The molecular formula is C19H15ClFNO2. The summed E-state index contributed by atoms with van der Waals surface area (Å²) in [5, 5.41) is 1.22. The molecular weight excluding hydrogens is 329 g/mol. The molecule has 0 spiro atoms. The van der Waals surface area contributed by atoms with E-state index >= 15 is 0 Å². The minimum atomic E-state index is -0.514. The number of aryl methyl sites for hydroxylation is 1. The summed E-state index contributed by atoms with van der Waals surface area (Å²) in [6.45, 7) is 1.98. The lowest BCUT2D eigenvalue weighted by molar-refractivity contribution is -0.144. The lowest BCUT2D eigenvalue weighted by Gasteiger charge is -2.08. The molecule has 3 rings (SSSR count). The van der Waals surface area contributed by atoms with E-state index in [-0.39, 0.29) is 13.0 Å². The van der Waals surface area contributed by atoms with Gasteiger partial charge in [0.1, 0.15) is 17.6 Å². The number of rotatable bonds is 4. The van der Waals surface area contributed by atoms with Crippen molar-refractivity contribution in [2.75, 3.05) is 0 Å². The number of halogens is 2. The molecule has 122 valence electrons. The first-order valence-electron chi connectivity index (χ1n) is 7.48. The van der Waals surface area contributed by atoms with Gasteiger partial charge in [0.05, 0.1) is 11.9 Å². The number of pyridine rings is 1. The van der Waals surface area contributed by atoms with Gasteiger partial charge in [-0.05, 0) is 36.2 Å². The Kier molecular flexibility index (Phi) is 4.76. The number of ether oxygens (including phenoxy) is 1. The summed E-state index contributed by atoms with van der Waals surface area (Å²) < 4.78 is 18.8. The quantitative estimate of drug-likeness (QED) is 0.512. The highest BCUT2D eigenvalue weighted by molar-refractivity contribution is 6.30. The second-order valence-corrected chi connectivity index (χ2v) is 5.92. The van der Waals surface area contributed by atoms with Crippen LogP contribution in [-0.2, 0) is 22.6 Å². The zero-order valence-electron chi connectivity index (χ0n) is 13.1. The van der Waals surface area contributed by atoms with Crippen LogP contribution in [0.1, 0.15) is 16.7 Å². The fourth-order valence-electron chi connectivity index (χ4n) is 2.41. The van der Waals surface area contributed by atoms with Crippen molar-refractivity contribution in [2.24, 2.45) is 0 Å². The van der Waals surface area contributed by atoms with Crippen LogP contribution in [0.25, 0.3) is 10.9 Å². The van der Waals surface area contributed by atoms with Crippen molar-refractivity contribution >= 4 is 28.5 Å². The molecule has 0 aliphatic rings. The van der Waals surface area contributed by atoms with Gasteiger partial charge in [0, 0.05) is 10.9 Å². The molecule has 0 aliphatic heterocycles. The van der Waals surface area contributed by atoms with Crippen molar-refractivity contribution in [3.05, 3.63) is 76.2 Å². The van der Waals surface area contributed by atoms with Crippen LogP contribution < -0.4 is 0 Å². The Bertz CT molecular complexity index is 911. The predicted molar refractivity (Wildman–Crippen MR) is 91.4 cm³/mol. The normalized spacial score (nSPS) is 10.8. The number of esters is 1. The van der Waals surface area contributed by atoms with Gasteiger partial charge in [-0.25, -0.2) is 9.37 Å². The Balaban J connectivity index is 1.71. The molecule has 5 heteroatoms. The van der Waals surface area contributed by atoms with Crippen LogP contribution in [0.15, 0.2) is 48.5 Å². The lowest BCUT2D eigenvalue weighted by Crippen LogP contribution is -2.09. The maximum atomic E-state index is 13.5. The Labute approximate surface area is 144 Å². The van der Waals surface area contributed by atoms with Gasteiger partial charge < -0.3 is 4.74 Å². The standard InChI is InChI=1S/C19H15ClFNO2/c1-12-6-7-14-9-15(19(20)22-17(14)8-12)11-24-18(23)10-13-4-2-3-5-16(13)21/h2-9H,10-11H2,1H3. The van der Waals surface area contributed by atoms with Gasteiger partial charge >= 0.3 is 5.97 Å². The summed E-state index contributed by atoms with van der Waals surface area (Å²) in [6.07, 6.45) is -0.121. The fraction of sp³-hybridized carbons (Fsp3) is 0.158. The molecule has 1 heterocycles. The molecule has 24 heavy (non-hydrogen) atoms. The SMILES string of the molecule is Cc1ccc2cc(COC(=O)Cc3ccccc3F)c(Cl)nc2c1. The average Bonchev–Trinajstić information content (AvgIpc) is 2.55. The third-order valence-electron chi connectivity index (χ3n) is 3.68. The molecule has 0 saturated heterocycles. The van der Waals surface area contributed by atoms with Crippen molar-refractivity contribution in [2.45, 2.75) is 20.0 Å². The number of nitrogens with zero attached hydrogens (tertiary/aromatic N) is 1. The minimum absolute atomic E-state index is 0.00291. The Morgan fingerprint density at radius 1 is 1.17 bits per heavy atom. The number of hydrogen-bond donors (Lipinski definition) is 0. The first-order valence-corrected chi connectivity index (χ1v) is 7.85. The maximum absolute atomic E-state index is 13.5. The number of fused-ring (bicyclic) bond motifs is 1. The van der Waals surface area contributed by atoms with E-state index in [2.05, 4.69) is 4.98 Å². The van der Waals surface area contributed by atoms with Gasteiger partial charge in [-0.15, -0.1) is 0 Å². The molecule has 0 bridgehead atoms. The number of hydrogen-bond acceptors (Lipinski definition) is 3. The monoisotopic (exact) mass is 343 g/mol. The van der Waals surface area contributed by atoms with E-state index in [0.29, 0.717) is 16.3 Å². The fourth-order valence-corrected chi connectivity index (χ4v) is 2.61. The van der Waals surface area contributed by atoms with E-state index < -0.39 is 11.8 Å². The van der Waals surface area contributed by atoms with Gasteiger partial charge in [-0.2, -0.15) is 0 Å². The summed E-state index contributed by atoms with van der Waals surface area (Å²) >= 11 is 6.16. The topological polar surface area (TPSA) is 39.2 Å². The molecule has 3 aromatic rings. The second-order valence-electron chi connectivity index (χ2n) is 5.56. The number of carbonyl (C=O) groups excluding carboxylic acids is 1. The maximum Gasteiger partial charge on any atom is 0.310 e. The summed E-state index contributed by atoms with van der Waals surface area (Å²) in [5.74, 6) is -0.935. The lowest BCUT2D eigenvalue weighted by atomic mass is 10.1.